The molecule has 0 amide bonds. The molecule has 0 radical (unpaired) electrons. The molecule has 0 aliphatic carbocycles. The van der Waals surface area contributed by atoms with Gasteiger partial charge in [-0.25, -0.2) is 4.79 Å². The van der Waals surface area contributed by atoms with Gasteiger partial charge in [-0.15, -0.1) is 0 Å². The van der Waals surface area contributed by atoms with Crippen molar-refractivity contribution >= 4 is 22.9 Å². The Morgan fingerprint density at radius 3 is 2.67 bits per heavy atom. The Kier molecular flexibility index (Phi) is 4.34. The highest BCUT2D eigenvalue weighted by atomic mass is 16.5. The van der Waals surface area contributed by atoms with E-state index in [1.54, 1.807) is 23.1 Å². The van der Waals surface area contributed by atoms with Gasteiger partial charge in [0.25, 0.3) is 0 Å². The first-order valence-electron chi connectivity index (χ1n) is 5.16. The van der Waals surface area contributed by atoms with E-state index in [0.717, 1.165) is 5.69 Å². The number of ether oxygens (including phenoxy) is 1. The summed E-state index contributed by atoms with van der Waals surface area (Å²) in [5.74, 6) is -0.557. The van der Waals surface area contributed by atoms with Crippen molar-refractivity contribution in [2.24, 2.45) is 5.11 Å². The van der Waals surface area contributed by atoms with Gasteiger partial charge in [-0.3, -0.25) is 0 Å². The summed E-state index contributed by atoms with van der Waals surface area (Å²) >= 11 is 0. The van der Waals surface area contributed by atoms with Crippen LogP contribution >= 0.6 is 0 Å². The Morgan fingerprint density at radius 1 is 1.50 bits per heavy atom. The van der Waals surface area contributed by atoms with Crippen LogP contribution in [0.3, 0.4) is 0 Å². The van der Waals surface area contributed by atoms with Crippen molar-refractivity contribution in [3.63, 3.8) is 0 Å². The zero-order valence-electron chi connectivity index (χ0n) is 10.5. The van der Waals surface area contributed by atoms with Gasteiger partial charge >= 0.3 is 5.97 Å². The zero-order chi connectivity index (χ0) is 13.7. The first-order chi connectivity index (χ1) is 8.52. The van der Waals surface area contributed by atoms with Crippen LogP contribution in [0.1, 0.15) is 5.56 Å². The van der Waals surface area contributed by atoms with E-state index in [-0.39, 0.29) is 5.57 Å². The van der Waals surface area contributed by atoms with Gasteiger partial charge < -0.3 is 9.64 Å². The maximum Gasteiger partial charge on any atom is 0.337 e. The molecule has 0 spiro atoms. The summed E-state index contributed by atoms with van der Waals surface area (Å²) in [6.45, 7) is 3.70. The average molecular weight is 246 g/mol. The molecule has 1 rings (SSSR count). The highest BCUT2D eigenvalue weighted by Crippen LogP contribution is 2.34. The number of hydrogen-bond donors (Lipinski definition) is 0. The number of rotatable bonds is 4. The summed E-state index contributed by atoms with van der Waals surface area (Å²) in [5, 5.41) is 3.57. The van der Waals surface area contributed by atoms with E-state index in [4.69, 9.17) is 5.53 Å². The van der Waals surface area contributed by atoms with Gasteiger partial charge in [-0.1, -0.05) is 23.8 Å². The number of esters is 1. The molecule has 18 heavy (non-hydrogen) atoms. The van der Waals surface area contributed by atoms with Gasteiger partial charge in [0.05, 0.1) is 12.7 Å². The lowest BCUT2D eigenvalue weighted by molar-refractivity contribution is -0.133. The molecule has 0 heterocycles. The summed E-state index contributed by atoms with van der Waals surface area (Å²) in [7, 11) is 4.92. The van der Waals surface area contributed by atoms with Crippen LogP contribution in [-0.4, -0.2) is 27.2 Å². The zero-order valence-corrected chi connectivity index (χ0v) is 10.5. The summed E-state index contributed by atoms with van der Waals surface area (Å²) in [5.41, 5.74) is 10.3. The van der Waals surface area contributed by atoms with E-state index in [1.807, 2.05) is 14.1 Å². The van der Waals surface area contributed by atoms with Crippen LogP contribution in [0.5, 0.6) is 0 Å². The lowest BCUT2D eigenvalue weighted by Gasteiger charge is -2.19. The molecule has 0 saturated heterocycles. The number of anilines is 1. The van der Waals surface area contributed by atoms with Crippen LogP contribution in [0.25, 0.3) is 16.0 Å². The Hall–Kier alpha value is -2.46. The van der Waals surface area contributed by atoms with Gasteiger partial charge in [0.15, 0.2) is 0 Å². The van der Waals surface area contributed by atoms with Crippen molar-refractivity contribution in [2.45, 2.75) is 0 Å². The van der Waals surface area contributed by atoms with Crippen LogP contribution < -0.4 is 4.90 Å². The summed E-state index contributed by atoms with van der Waals surface area (Å²) < 4.78 is 4.64. The third-order valence-corrected chi connectivity index (χ3v) is 2.39. The van der Waals surface area contributed by atoms with Crippen LogP contribution in [0, 0.1) is 0 Å². The number of hydrogen-bond acceptors (Lipinski definition) is 4. The Balaban J connectivity index is 3.49. The lowest BCUT2D eigenvalue weighted by atomic mass is 10.0. The molecule has 0 bridgehead atoms. The van der Waals surface area contributed by atoms with Gasteiger partial charge in [0.1, 0.15) is 0 Å². The fraction of sp³-hybridized carbons (Fsp3) is 0.250. The second-order valence-electron chi connectivity index (χ2n) is 3.73. The molecule has 0 aromatic heterocycles. The Bertz CT molecular complexity index is 531. The molecule has 0 N–H and O–H groups in total. The number of nitrogens with zero attached hydrogens (tertiary/aromatic N) is 4. The standard InChI is InChI=1S/C12H14N4O2/c1-8(12(17)18-4)11-9(14-15-13)6-5-7-10(11)16(2)3/h5-7H,1H2,2-4H3. The number of carbonyl (C=O) groups excluding carboxylic acids is 1. The monoisotopic (exact) mass is 246 g/mol. The maximum absolute atomic E-state index is 11.6. The SMILES string of the molecule is C=C(C(=O)OC)c1c(N=[N+]=[N-])cccc1N(C)C. The molecular formula is C12H14N4O2. The van der Waals surface area contributed by atoms with E-state index >= 15 is 0 Å². The highest BCUT2D eigenvalue weighted by Gasteiger charge is 2.18. The number of azide groups is 1. The minimum atomic E-state index is -0.557. The number of methoxy groups -OCH3 is 1. The second kappa shape index (κ2) is 5.75. The highest BCUT2D eigenvalue weighted by molar-refractivity contribution is 6.19. The van der Waals surface area contributed by atoms with Gasteiger partial charge in [0.2, 0.25) is 0 Å². The van der Waals surface area contributed by atoms with E-state index in [1.165, 1.54) is 7.11 Å². The molecule has 94 valence electrons. The minimum absolute atomic E-state index is 0.157. The quantitative estimate of drug-likeness (QED) is 0.269. The lowest BCUT2D eigenvalue weighted by Crippen LogP contribution is -2.13. The summed E-state index contributed by atoms with van der Waals surface area (Å²) in [4.78, 5) is 16.1. The largest absolute Gasteiger partial charge is 0.465 e. The first kappa shape index (κ1) is 13.6. The molecule has 6 nitrogen and oxygen atoms in total. The minimum Gasteiger partial charge on any atom is -0.465 e. The fourth-order valence-corrected chi connectivity index (χ4v) is 1.57. The van der Waals surface area contributed by atoms with Gasteiger partial charge in [0, 0.05) is 35.9 Å². The summed E-state index contributed by atoms with van der Waals surface area (Å²) in [6.07, 6.45) is 0. The smallest absolute Gasteiger partial charge is 0.337 e. The third kappa shape index (κ3) is 2.61. The third-order valence-electron chi connectivity index (χ3n) is 2.39. The van der Waals surface area contributed by atoms with Crippen molar-refractivity contribution < 1.29 is 9.53 Å². The molecule has 1 aromatic carbocycles. The fourth-order valence-electron chi connectivity index (χ4n) is 1.57. The van der Waals surface area contributed by atoms with Crippen molar-refractivity contribution in [3.8, 4) is 0 Å². The molecule has 0 atom stereocenters. The number of benzene rings is 1. The first-order valence-corrected chi connectivity index (χ1v) is 5.16. The van der Waals surface area contributed by atoms with E-state index in [0.29, 0.717) is 11.3 Å². The van der Waals surface area contributed by atoms with E-state index in [9.17, 15) is 4.79 Å². The molecule has 6 heteroatoms. The Morgan fingerprint density at radius 2 is 2.17 bits per heavy atom. The van der Waals surface area contributed by atoms with Crippen LogP contribution in [0.2, 0.25) is 0 Å². The second-order valence-corrected chi connectivity index (χ2v) is 3.73. The van der Waals surface area contributed by atoms with Gasteiger partial charge in [-0.2, -0.15) is 0 Å². The molecule has 0 aliphatic rings. The van der Waals surface area contributed by atoms with Crippen molar-refractivity contribution in [1.29, 1.82) is 0 Å². The molecule has 0 fully saturated rings. The van der Waals surface area contributed by atoms with Crippen molar-refractivity contribution in [2.75, 3.05) is 26.1 Å². The van der Waals surface area contributed by atoms with Gasteiger partial charge in [-0.05, 0) is 11.6 Å². The average Bonchev–Trinajstić information content (AvgIpc) is 2.37. The summed E-state index contributed by atoms with van der Waals surface area (Å²) in [6, 6.07) is 5.17. The predicted molar refractivity (Wildman–Crippen MR) is 70.6 cm³/mol. The molecular weight excluding hydrogens is 232 g/mol. The molecule has 0 aliphatic heterocycles. The molecule has 0 saturated carbocycles. The van der Waals surface area contributed by atoms with Crippen LogP contribution in [0.15, 0.2) is 29.9 Å². The van der Waals surface area contributed by atoms with Crippen LogP contribution in [0.4, 0.5) is 11.4 Å². The predicted octanol–water partition coefficient (Wildman–Crippen LogP) is 2.88. The Labute approximate surface area is 105 Å². The van der Waals surface area contributed by atoms with Crippen molar-refractivity contribution in [1.82, 2.24) is 0 Å². The maximum atomic E-state index is 11.6. The topological polar surface area (TPSA) is 78.3 Å². The van der Waals surface area contributed by atoms with E-state index < -0.39 is 5.97 Å². The van der Waals surface area contributed by atoms with Crippen LogP contribution in [-0.2, 0) is 9.53 Å². The number of carbonyl (C=O) groups is 1. The normalized spacial score (nSPS) is 9.28. The van der Waals surface area contributed by atoms with Crippen molar-refractivity contribution in [3.05, 3.63) is 40.8 Å². The molecule has 1 aromatic rings. The molecule has 0 unspecified atom stereocenters. The van der Waals surface area contributed by atoms with E-state index in [2.05, 4.69) is 21.3 Å².